The standard InChI is InChI=1S/C15H13N5OS/c1-2-20-9-8-18-15(20)22(21)19-13-6-5-11(10-16)12-4-3-7-17-14(12)13/h3-9,19H,2H2,1H3. The maximum absolute atomic E-state index is 12.5. The molecule has 1 N–H and O–H groups in total. The van der Waals surface area contributed by atoms with Gasteiger partial charge >= 0.3 is 0 Å². The van der Waals surface area contributed by atoms with Crippen molar-refractivity contribution in [1.29, 1.82) is 5.26 Å². The first kappa shape index (κ1) is 14.2. The van der Waals surface area contributed by atoms with Crippen molar-refractivity contribution in [1.82, 2.24) is 14.5 Å². The van der Waals surface area contributed by atoms with Crippen molar-refractivity contribution < 1.29 is 4.21 Å². The summed E-state index contributed by atoms with van der Waals surface area (Å²) in [6.45, 7) is 2.65. The quantitative estimate of drug-likeness (QED) is 0.802. The van der Waals surface area contributed by atoms with Crippen LogP contribution in [0.2, 0.25) is 0 Å². The van der Waals surface area contributed by atoms with Gasteiger partial charge in [-0.25, -0.2) is 9.19 Å². The van der Waals surface area contributed by atoms with Crippen LogP contribution in [0.25, 0.3) is 10.9 Å². The van der Waals surface area contributed by atoms with Gasteiger partial charge in [-0.2, -0.15) is 5.26 Å². The van der Waals surface area contributed by atoms with Crippen LogP contribution in [-0.2, 0) is 17.5 Å². The second kappa shape index (κ2) is 5.95. The fourth-order valence-corrected chi connectivity index (χ4v) is 3.22. The van der Waals surface area contributed by atoms with Gasteiger partial charge in [0.2, 0.25) is 5.16 Å². The maximum Gasteiger partial charge on any atom is 0.220 e. The molecule has 2 heterocycles. The van der Waals surface area contributed by atoms with Gasteiger partial charge in [0.1, 0.15) is 0 Å². The zero-order valence-electron chi connectivity index (χ0n) is 11.9. The molecule has 110 valence electrons. The van der Waals surface area contributed by atoms with E-state index in [9.17, 15) is 4.21 Å². The first-order chi connectivity index (χ1) is 10.7. The molecule has 3 rings (SSSR count). The summed E-state index contributed by atoms with van der Waals surface area (Å²) in [5, 5.41) is 10.3. The number of imidazole rings is 1. The lowest BCUT2D eigenvalue weighted by atomic mass is 10.1. The number of hydrogen-bond donors (Lipinski definition) is 1. The molecule has 1 unspecified atom stereocenters. The summed E-state index contributed by atoms with van der Waals surface area (Å²) < 4.78 is 17.2. The van der Waals surface area contributed by atoms with Crippen LogP contribution in [0.1, 0.15) is 12.5 Å². The number of hydrogen-bond acceptors (Lipinski definition) is 4. The Bertz CT molecular complexity index is 896. The van der Waals surface area contributed by atoms with E-state index in [4.69, 9.17) is 5.26 Å². The Morgan fingerprint density at radius 2 is 2.18 bits per heavy atom. The molecule has 0 spiro atoms. The van der Waals surface area contributed by atoms with E-state index < -0.39 is 11.0 Å². The van der Waals surface area contributed by atoms with Crippen molar-refractivity contribution in [3.8, 4) is 6.07 Å². The van der Waals surface area contributed by atoms with Gasteiger partial charge in [0, 0.05) is 30.5 Å². The molecule has 0 saturated heterocycles. The Labute approximate surface area is 130 Å². The van der Waals surface area contributed by atoms with E-state index in [0.29, 0.717) is 28.5 Å². The molecule has 2 aromatic heterocycles. The lowest BCUT2D eigenvalue weighted by molar-refractivity contribution is 0.642. The van der Waals surface area contributed by atoms with Crippen LogP contribution in [0.15, 0.2) is 48.0 Å². The molecule has 1 aromatic carbocycles. The molecule has 1 atom stereocenters. The number of fused-ring (bicyclic) bond motifs is 1. The van der Waals surface area contributed by atoms with Crippen molar-refractivity contribution >= 4 is 27.6 Å². The van der Waals surface area contributed by atoms with E-state index in [1.54, 1.807) is 36.8 Å². The topological polar surface area (TPSA) is 83.6 Å². The number of rotatable bonds is 4. The average Bonchev–Trinajstić information content (AvgIpc) is 3.04. The van der Waals surface area contributed by atoms with E-state index in [1.165, 1.54) is 0 Å². The van der Waals surface area contributed by atoms with Gasteiger partial charge in [-0.05, 0) is 31.2 Å². The zero-order chi connectivity index (χ0) is 15.5. The minimum atomic E-state index is -1.50. The highest BCUT2D eigenvalue weighted by Crippen LogP contribution is 2.25. The summed E-state index contributed by atoms with van der Waals surface area (Å²) in [5.74, 6) is 0. The molecule has 6 nitrogen and oxygen atoms in total. The molecule has 0 aliphatic rings. The molecule has 0 bridgehead atoms. The van der Waals surface area contributed by atoms with Gasteiger partial charge in [0.05, 0.1) is 22.8 Å². The molecule has 0 aliphatic carbocycles. The highest BCUT2D eigenvalue weighted by Gasteiger charge is 2.13. The summed E-state index contributed by atoms with van der Waals surface area (Å²) >= 11 is 0. The molecule has 7 heteroatoms. The van der Waals surface area contributed by atoms with E-state index in [0.717, 1.165) is 5.39 Å². The van der Waals surface area contributed by atoms with E-state index in [2.05, 4.69) is 20.8 Å². The third-order valence-electron chi connectivity index (χ3n) is 3.28. The number of nitrogens with zero attached hydrogens (tertiary/aromatic N) is 4. The van der Waals surface area contributed by atoms with E-state index >= 15 is 0 Å². The Balaban J connectivity index is 2.02. The number of pyridine rings is 1. The van der Waals surface area contributed by atoms with Gasteiger partial charge in [-0.15, -0.1) is 0 Å². The van der Waals surface area contributed by atoms with Crippen molar-refractivity contribution in [2.75, 3.05) is 4.72 Å². The lowest BCUT2D eigenvalue weighted by Gasteiger charge is -2.10. The van der Waals surface area contributed by atoms with Crippen LogP contribution in [0.4, 0.5) is 5.69 Å². The average molecular weight is 311 g/mol. The summed E-state index contributed by atoms with van der Waals surface area (Å²) in [7, 11) is -1.50. The lowest BCUT2D eigenvalue weighted by Crippen LogP contribution is -2.11. The van der Waals surface area contributed by atoms with Crippen LogP contribution in [0, 0.1) is 11.3 Å². The fraction of sp³-hybridized carbons (Fsp3) is 0.133. The third kappa shape index (κ3) is 2.44. The Morgan fingerprint density at radius 3 is 2.95 bits per heavy atom. The molecular weight excluding hydrogens is 298 g/mol. The van der Waals surface area contributed by atoms with Crippen LogP contribution in [0.3, 0.4) is 0 Å². The molecule has 0 radical (unpaired) electrons. The number of benzene rings is 1. The Morgan fingerprint density at radius 1 is 1.32 bits per heavy atom. The van der Waals surface area contributed by atoms with Crippen molar-refractivity contribution in [3.63, 3.8) is 0 Å². The Kier molecular flexibility index (Phi) is 3.85. The highest BCUT2D eigenvalue weighted by atomic mass is 32.2. The second-order valence-electron chi connectivity index (χ2n) is 4.54. The summed E-state index contributed by atoms with van der Waals surface area (Å²) in [5.41, 5.74) is 1.76. The number of nitrogens with one attached hydrogen (secondary N) is 1. The minimum absolute atomic E-state index is 0.455. The Hall–Kier alpha value is -2.72. The van der Waals surface area contributed by atoms with Gasteiger partial charge in [0.25, 0.3) is 0 Å². The summed E-state index contributed by atoms with van der Waals surface area (Å²) in [6.07, 6.45) is 5.04. The van der Waals surface area contributed by atoms with Crippen LogP contribution >= 0.6 is 0 Å². The number of anilines is 1. The third-order valence-corrected chi connectivity index (χ3v) is 4.35. The number of nitriles is 1. The van der Waals surface area contributed by atoms with E-state index in [1.807, 2.05) is 17.6 Å². The second-order valence-corrected chi connectivity index (χ2v) is 5.65. The minimum Gasteiger partial charge on any atom is -0.323 e. The monoisotopic (exact) mass is 311 g/mol. The van der Waals surface area contributed by atoms with E-state index in [-0.39, 0.29) is 0 Å². The molecule has 22 heavy (non-hydrogen) atoms. The first-order valence-corrected chi connectivity index (χ1v) is 7.87. The predicted molar refractivity (Wildman–Crippen MR) is 84.4 cm³/mol. The van der Waals surface area contributed by atoms with Gasteiger partial charge in [-0.1, -0.05) is 0 Å². The summed E-state index contributed by atoms with van der Waals surface area (Å²) in [6, 6.07) is 9.13. The highest BCUT2D eigenvalue weighted by molar-refractivity contribution is 7.86. The largest absolute Gasteiger partial charge is 0.323 e. The van der Waals surface area contributed by atoms with Gasteiger partial charge in [0.15, 0.2) is 11.0 Å². The molecule has 0 fully saturated rings. The summed E-state index contributed by atoms with van der Waals surface area (Å²) in [4.78, 5) is 8.42. The maximum atomic E-state index is 12.5. The predicted octanol–water partition coefficient (Wildman–Crippen LogP) is 2.46. The molecule has 3 aromatic rings. The smallest absolute Gasteiger partial charge is 0.220 e. The van der Waals surface area contributed by atoms with Crippen LogP contribution < -0.4 is 4.72 Å². The van der Waals surface area contributed by atoms with Crippen molar-refractivity contribution in [2.24, 2.45) is 0 Å². The number of aromatic nitrogens is 3. The zero-order valence-corrected chi connectivity index (χ0v) is 12.7. The van der Waals surface area contributed by atoms with Crippen LogP contribution in [-0.4, -0.2) is 18.7 Å². The molecule has 0 amide bonds. The van der Waals surface area contributed by atoms with Crippen molar-refractivity contribution in [2.45, 2.75) is 18.6 Å². The SMILES string of the molecule is CCn1ccnc1S(=O)Nc1ccc(C#N)c2cccnc12. The fourth-order valence-electron chi connectivity index (χ4n) is 2.21. The van der Waals surface area contributed by atoms with Gasteiger partial charge in [-0.3, -0.25) is 9.71 Å². The number of aryl methyl sites for hydroxylation is 1. The molecule has 0 saturated carbocycles. The molecule has 0 aliphatic heterocycles. The molecular formula is C15H13N5OS. The normalized spacial score (nSPS) is 12.0. The van der Waals surface area contributed by atoms with Crippen molar-refractivity contribution in [3.05, 3.63) is 48.4 Å². The van der Waals surface area contributed by atoms with Gasteiger partial charge < -0.3 is 4.57 Å². The first-order valence-electron chi connectivity index (χ1n) is 6.72. The van der Waals surface area contributed by atoms with Crippen LogP contribution in [0.5, 0.6) is 0 Å².